The van der Waals surface area contributed by atoms with Gasteiger partial charge in [0.25, 0.3) is 0 Å². The molecule has 0 spiro atoms. The van der Waals surface area contributed by atoms with Crippen molar-refractivity contribution in [2.45, 2.75) is 13.0 Å². The molecule has 104 valence electrons. The Morgan fingerprint density at radius 1 is 1.30 bits per heavy atom. The lowest BCUT2D eigenvalue weighted by Gasteiger charge is -2.17. The highest BCUT2D eigenvalue weighted by Gasteiger charge is 2.10. The van der Waals surface area contributed by atoms with Crippen molar-refractivity contribution in [2.24, 2.45) is 5.73 Å². The van der Waals surface area contributed by atoms with Gasteiger partial charge >= 0.3 is 6.03 Å². The normalized spacial score (nSPS) is 11.8. The van der Waals surface area contributed by atoms with E-state index in [-0.39, 0.29) is 12.1 Å². The third-order valence-corrected chi connectivity index (χ3v) is 3.03. The minimum absolute atomic E-state index is 0.0159. The number of aromatic nitrogens is 1. The summed E-state index contributed by atoms with van der Waals surface area (Å²) >= 11 is 0. The van der Waals surface area contributed by atoms with E-state index in [1.54, 1.807) is 25.5 Å². The Morgan fingerprint density at radius 2 is 2.00 bits per heavy atom. The number of rotatable bonds is 3. The number of urea groups is 1. The van der Waals surface area contributed by atoms with Crippen molar-refractivity contribution >= 4 is 17.4 Å². The van der Waals surface area contributed by atoms with E-state index in [1.165, 1.54) is 4.90 Å². The van der Waals surface area contributed by atoms with E-state index >= 15 is 0 Å². The number of anilines is 2. The first-order valence-corrected chi connectivity index (χ1v) is 6.38. The van der Waals surface area contributed by atoms with E-state index in [9.17, 15) is 4.79 Å². The molecule has 2 amide bonds. The van der Waals surface area contributed by atoms with Gasteiger partial charge in [0.2, 0.25) is 0 Å². The quantitative estimate of drug-likeness (QED) is 0.900. The Morgan fingerprint density at radius 3 is 2.55 bits per heavy atom. The van der Waals surface area contributed by atoms with E-state index in [0.717, 1.165) is 16.9 Å². The smallest absolute Gasteiger partial charge is 0.324 e. The van der Waals surface area contributed by atoms with E-state index in [4.69, 9.17) is 5.73 Å². The molecule has 1 aromatic carbocycles. The molecule has 1 aromatic heterocycles. The van der Waals surface area contributed by atoms with Gasteiger partial charge in [-0.2, -0.15) is 0 Å². The molecule has 0 saturated heterocycles. The standard InChI is InChI=1S/C15H18N4O/c1-11(16)12-5-7-13(8-6-12)18-15(20)19(2)14-4-3-9-17-10-14/h3-11H,16H2,1-2H3,(H,18,20). The second-order valence-electron chi connectivity index (χ2n) is 4.61. The molecule has 0 saturated carbocycles. The van der Waals surface area contributed by atoms with Crippen LogP contribution in [0.2, 0.25) is 0 Å². The average molecular weight is 270 g/mol. The summed E-state index contributed by atoms with van der Waals surface area (Å²) in [5.41, 5.74) is 8.28. The fourth-order valence-corrected chi connectivity index (χ4v) is 1.75. The van der Waals surface area contributed by atoms with Crippen LogP contribution in [0.3, 0.4) is 0 Å². The summed E-state index contributed by atoms with van der Waals surface area (Å²) in [4.78, 5) is 17.6. The van der Waals surface area contributed by atoms with Crippen molar-refractivity contribution in [3.05, 3.63) is 54.4 Å². The summed E-state index contributed by atoms with van der Waals surface area (Å²) < 4.78 is 0. The summed E-state index contributed by atoms with van der Waals surface area (Å²) in [6, 6.07) is 10.9. The van der Waals surface area contributed by atoms with Gasteiger partial charge in [0.1, 0.15) is 0 Å². The second kappa shape index (κ2) is 6.16. The first-order chi connectivity index (χ1) is 9.58. The SMILES string of the molecule is CC(N)c1ccc(NC(=O)N(C)c2cccnc2)cc1. The third kappa shape index (κ3) is 3.33. The van der Waals surface area contributed by atoms with Gasteiger partial charge in [0.05, 0.1) is 11.9 Å². The summed E-state index contributed by atoms with van der Waals surface area (Å²) in [5.74, 6) is 0. The molecule has 0 aliphatic heterocycles. The molecule has 0 fully saturated rings. The van der Waals surface area contributed by atoms with Crippen LogP contribution in [-0.4, -0.2) is 18.1 Å². The maximum atomic E-state index is 12.1. The van der Waals surface area contributed by atoms with E-state index < -0.39 is 0 Å². The summed E-state index contributed by atoms with van der Waals surface area (Å²) in [6.45, 7) is 1.92. The highest BCUT2D eigenvalue weighted by Crippen LogP contribution is 2.16. The molecule has 1 atom stereocenters. The van der Waals surface area contributed by atoms with Crippen LogP contribution in [0.1, 0.15) is 18.5 Å². The maximum absolute atomic E-state index is 12.1. The van der Waals surface area contributed by atoms with Gasteiger partial charge in [0.15, 0.2) is 0 Å². The van der Waals surface area contributed by atoms with Gasteiger partial charge in [-0.05, 0) is 36.8 Å². The molecule has 0 aliphatic carbocycles. The Bertz CT molecular complexity index is 566. The van der Waals surface area contributed by atoms with E-state index in [0.29, 0.717) is 0 Å². The van der Waals surface area contributed by atoms with Crippen LogP contribution >= 0.6 is 0 Å². The number of nitrogens with zero attached hydrogens (tertiary/aromatic N) is 2. The molecule has 5 nitrogen and oxygen atoms in total. The van der Waals surface area contributed by atoms with Gasteiger partial charge in [0, 0.05) is 25.0 Å². The third-order valence-electron chi connectivity index (χ3n) is 3.03. The topological polar surface area (TPSA) is 71.2 Å². The van der Waals surface area contributed by atoms with Crippen molar-refractivity contribution in [3.8, 4) is 0 Å². The number of hydrogen-bond acceptors (Lipinski definition) is 3. The van der Waals surface area contributed by atoms with Gasteiger partial charge in [-0.1, -0.05) is 12.1 Å². The minimum Gasteiger partial charge on any atom is -0.324 e. The van der Waals surface area contributed by atoms with Crippen molar-refractivity contribution in [3.63, 3.8) is 0 Å². The lowest BCUT2D eigenvalue weighted by molar-refractivity contribution is 0.258. The van der Waals surface area contributed by atoms with E-state index in [2.05, 4.69) is 10.3 Å². The molecule has 2 rings (SSSR count). The second-order valence-corrected chi connectivity index (χ2v) is 4.61. The molecule has 0 aliphatic rings. The highest BCUT2D eigenvalue weighted by atomic mass is 16.2. The zero-order valence-corrected chi connectivity index (χ0v) is 11.6. The van der Waals surface area contributed by atoms with Gasteiger partial charge in [-0.3, -0.25) is 9.88 Å². The van der Waals surface area contributed by atoms with Gasteiger partial charge in [-0.15, -0.1) is 0 Å². The molecule has 5 heteroatoms. The summed E-state index contributed by atoms with van der Waals surface area (Å²) in [6.07, 6.45) is 3.31. The first-order valence-electron chi connectivity index (χ1n) is 6.38. The Labute approximate surface area is 118 Å². The van der Waals surface area contributed by atoms with Crippen LogP contribution in [0.15, 0.2) is 48.8 Å². The van der Waals surface area contributed by atoms with E-state index in [1.807, 2.05) is 37.3 Å². The number of pyridine rings is 1. The molecule has 1 unspecified atom stereocenters. The summed E-state index contributed by atoms with van der Waals surface area (Å²) in [7, 11) is 1.70. The molecule has 0 bridgehead atoms. The molecular formula is C15H18N4O. The number of nitrogens with one attached hydrogen (secondary N) is 1. The van der Waals surface area contributed by atoms with Crippen LogP contribution in [-0.2, 0) is 0 Å². The number of nitrogens with two attached hydrogens (primary N) is 1. The largest absolute Gasteiger partial charge is 0.326 e. The monoisotopic (exact) mass is 270 g/mol. The van der Waals surface area contributed by atoms with Gasteiger partial charge < -0.3 is 11.1 Å². The molecule has 2 aromatic rings. The predicted molar refractivity (Wildman–Crippen MR) is 80.7 cm³/mol. The van der Waals surface area contributed by atoms with Crippen LogP contribution < -0.4 is 16.0 Å². The molecule has 1 heterocycles. The fourth-order valence-electron chi connectivity index (χ4n) is 1.75. The van der Waals surface area contributed by atoms with Gasteiger partial charge in [-0.25, -0.2) is 4.79 Å². The number of carbonyl (C=O) groups excluding carboxylic acids is 1. The lowest BCUT2D eigenvalue weighted by atomic mass is 10.1. The average Bonchev–Trinajstić information content (AvgIpc) is 2.48. The maximum Gasteiger partial charge on any atom is 0.326 e. The molecular weight excluding hydrogens is 252 g/mol. The lowest BCUT2D eigenvalue weighted by Crippen LogP contribution is -2.31. The predicted octanol–water partition coefficient (Wildman–Crippen LogP) is 2.77. The van der Waals surface area contributed by atoms with Crippen LogP contribution in [0.25, 0.3) is 0 Å². The number of carbonyl (C=O) groups is 1. The van der Waals surface area contributed by atoms with Crippen LogP contribution in [0.5, 0.6) is 0 Å². The highest BCUT2D eigenvalue weighted by molar-refractivity contribution is 6.01. The van der Waals surface area contributed by atoms with Crippen LogP contribution in [0, 0.1) is 0 Å². The number of amides is 2. The Balaban J connectivity index is 2.04. The van der Waals surface area contributed by atoms with Crippen LogP contribution in [0.4, 0.5) is 16.2 Å². The Kier molecular flexibility index (Phi) is 4.32. The number of benzene rings is 1. The molecule has 0 radical (unpaired) electrons. The van der Waals surface area contributed by atoms with Crippen molar-refractivity contribution in [2.75, 3.05) is 17.3 Å². The zero-order valence-electron chi connectivity index (χ0n) is 11.6. The first kappa shape index (κ1) is 14.0. The zero-order chi connectivity index (χ0) is 14.5. The summed E-state index contributed by atoms with van der Waals surface area (Å²) in [5, 5.41) is 2.82. The molecule has 3 N–H and O–H groups in total. The van der Waals surface area contributed by atoms with Crippen molar-refractivity contribution in [1.29, 1.82) is 0 Å². The minimum atomic E-state index is -0.216. The molecule has 20 heavy (non-hydrogen) atoms. The van der Waals surface area contributed by atoms with Crippen molar-refractivity contribution < 1.29 is 4.79 Å². The number of hydrogen-bond donors (Lipinski definition) is 2. The Hall–Kier alpha value is -2.40. The fraction of sp³-hybridized carbons (Fsp3) is 0.200. The van der Waals surface area contributed by atoms with Crippen molar-refractivity contribution in [1.82, 2.24) is 4.98 Å².